The van der Waals surface area contributed by atoms with E-state index in [9.17, 15) is 23.3 Å². The van der Waals surface area contributed by atoms with Crippen molar-refractivity contribution in [2.24, 2.45) is 0 Å². The van der Waals surface area contributed by atoms with E-state index < -0.39 is 45.6 Å². The first-order valence-electron chi connectivity index (χ1n) is 41.8. The average molecular weight is 1760 g/mol. The summed E-state index contributed by atoms with van der Waals surface area (Å²) in [6.07, 6.45) is 5.84. The zero-order chi connectivity index (χ0) is 87.1. The van der Waals surface area contributed by atoms with Crippen molar-refractivity contribution in [3.63, 3.8) is 0 Å². The molecule has 0 bridgehead atoms. The molecule has 7 rings (SSSR count). The minimum Gasteiger partial charge on any atom is -0.497 e. The lowest BCUT2D eigenvalue weighted by Crippen LogP contribution is -2.46. The molecule has 10 unspecified atom stereocenters. The summed E-state index contributed by atoms with van der Waals surface area (Å²) in [7, 11) is -3.95. The highest BCUT2D eigenvalue weighted by Crippen LogP contribution is 2.50. The van der Waals surface area contributed by atoms with E-state index in [4.69, 9.17) is 84.0 Å². The molecule has 678 valence electrons. The lowest BCUT2D eigenvalue weighted by molar-refractivity contribution is -0.121. The van der Waals surface area contributed by atoms with Gasteiger partial charge in [0.15, 0.2) is 6.29 Å². The third-order valence-corrected chi connectivity index (χ3v) is 25.7. The van der Waals surface area contributed by atoms with Crippen LogP contribution < -0.4 is 46.0 Å². The van der Waals surface area contributed by atoms with Gasteiger partial charge in [0, 0.05) is 82.1 Å². The quantitative estimate of drug-likeness (QED) is 0.00934. The molecule has 3 fully saturated rings. The molecule has 3 aliphatic heterocycles. The van der Waals surface area contributed by atoms with E-state index >= 15 is 0 Å². The van der Waals surface area contributed by atoms with Gasteiger partial charge >= 0.3 is 29.3 Å². The van der Waals surface area contributed by atoms with E-state index in [1.807, 2.05) is 150 Å². The first-order chi connectivity index (χ1) is 56.8. The summed E-state index contributed by atoms with van der Waals surface area (Å²) in [5.41, 5.74) is 1.80. The maximum Gasteiger partial charge on any atom is 0.406 e. The Kier molecular flexibility index (Phi) is 49.8. The first kappa shape index (κ1) is 105. The van der Waals surface area contributed by atoms with Crippen molar-refractivity contribution in [1.82, 2.24) is 36.5 Å². The van der Waals surface area contributed by atoms with Crippen LogP contribution in [0.5, 0.6) is 11.5 Å². The zero-order valence-electron chi connectivity index (χ0n) is 73.9. The normalized spacial score (nSPS) is 18.9. The minimum absolute atomic E-state index is 0.00445. The van der Waals surface area contributed by atoms with Crippen molar-refractivity contribution in [3.8, 4) is 11.5 Å². The van der Waals surface area contributed by atoms with Crippen LogP contribution >= 0.6 is 35.0 Å². The van der Waals surface area contributed by atoms with Gasteiger partial charge in [0.25, 0.3) is 0 Å². The van der Waals surface area contributed by atoms with Gasteiger partial charge in [0.2, 0.25) is 5.91 Å². The predicted octanol–water partition coefficient (Wildman–Crippen LogP) is 14.6. The Balaban J connectivity index is 0.000000324. The molecule has 4 aromatic rings. The van der Waals surface area contributed by atoms with Gasteiger partial charge in [-0.3, -0.25) is 37.3 Å². The summed E-state index contributed by atoms with van der Waals surface area (Å²) >= 11 is 1.85. The highest BCUT2D eigenvalue weighted by Gasteiger charge is 2.43. The number of ether oxygens (including phenoxy) is 12. The Morgan fingerprint density at radius 3 is 1.60 bits per heavy atom. The number of benzene rings is 4. The summed E-state index contributed by atoms with van der Waals surface area (Å²) in [5, 5.41) is 21.8. The molecule has 0 radical (unpaired) electrons. The van der Waals surface area contributed by atoms with E-state index in [1.54, 1.807) is 28.4 Å². The van der Waals surface area contributed by atoms with Crippen LogP contribution in [0.4, 0.5) is 4.79 Å². The number of hydrogen-bond donors (Lipinski definition) is 7. The van der Waals surface area contributed by atoms with E-state index in [-0.39, 0.29) is 81.0 Å². The van der Waals surface area contributed by atoms with Gasteiger partial charge < -0.3 is 72.8 Å². The van der Waals surface area contributed by atoms with E-state index in [0.717, 1.165) is 71.6 Å². The van der Waals surface area contributed by atoms with Crippen LogP contribution in [0.1, 0.15) is 176 Å². The molecule has 0 aromatic heterocycles. The summed E-state index contributed by atoms with van der Waals surface area (Å²) < 4.78 is 140. The Morgan fingerprint density at radius 2 is 1.05 bits per heavy atom. The number of amides is 3. The molecule has 4 aromatic carbocycles. The molecule has 30 nitrogen and oxygen atoms in total. The van der Waals surface area contributed by atoms with Gasteiger partial charge in [-0.25, -0.2) is 33.8 Å². The SMILES string of the molecule is CCOCCOCCOCCOCCOCCNP(=O)(OCCC(CCNC(=O)CCCC1SCC2NC(=O)NC21)OC)OC(C)(C)C.COCCC(C)NP(=O)(OCCCCC1COC(c2ccc(OC)cc2)O1)OC(C)(C)C.COc1ccc(C(NCCOCCOP(=O)(NC(C)C)OC(C)(C)C)(c2ccccc2)c2ccccc2)cc1. The molecule has 3 amide bonds. The van der Waals surface area contributed by atoms with Gasteiger partial charge in [-0.1, -0.05) is 84.9 Å². The molecular weight excluding hydrogens is 1610 g/mol. The number of urea groups is 1. The number of rotatable bonds is 59. The molecule has 0 saturated carbocycles. The summed E-state index contributed by atoms with van der Waals surface area (Å²) in [4.78, 5) is 23.9. The summed E-state index contributed by atoms with van der Waals surface area (Å²) in [5.74, 6) is 2.51. The number of carbonyl (C=O) groups excluding carboxylic acids is 2. The second-order valence-electron chi connectivity index (χ2n) is 32.0. The van der Waals surface area contributed by atoms with Gasteiger partial charge in [0.1, 0.15) is 11.5 Å². The molecular formula is C85H144N7O23P3S. The molecule has 3 saturated heterocycles. The maximum absolute atomic E-state index is 13.4. The lowest BCUT2D eigenvalue weighted by Gasteiger charge is -2.37. The van der Waals surface area contributed by atoms with E-state index in [2.05, 4.69) is 97.2 Å². The Morgan fingerprint density at radius 1 is 0.538 bits per heavy atom. The van der Waals surface area contributed by atoms with Crippen molar-refractivity contribution in [1.29, 1.82) is 0 Å². The molecule has 3 aliphatic rings. The van der Waals surface area contributed by atoms with Gasteiger partial charge in [-0.2, -0.15) is 11.8 Å². The Labute approximate surface area is 714 Å². The van der Waals surface area contributed by atoms with Crippen molar-refractivity contribution >= 4 is 46.9 Å². The highest BCUT2D eigenvalue weighted by atomic mass is 32.2. The molecule has 3 heterocycles. The molecule has 7 N–H and O–H groups in total. The van der Waals surface area contributed by atoms with Gasteiger partial charge in [-0.15, -0.1) is 0 Å². The van der Waals surface area contributed by atoms with Crippen LogP contribution in [-0.2, 0) is 98.5 Å². The summed E-state index contributed by atoms with van der Waals surface area (Å²) in [6, 6.07) is 36.8. The predicted molar refractivity (Wildman–Crippen MR) is 466 cm³/mol. The van der Waals surface area contributed by atoms with Crippen molar-refractivity contribution in [2.75, 3.05) is 166 Å². The monoisotopic (exact) mass is 1760 g/mol. The van der Waals surface area contributed by atoms with Gasteiger partial charge in [-0.05, 0) is 182 Å². The Hall–Kier alpha value is -4.54. The van der Waals surface area contributed by atoms with Crippen molar-refractivity contribution in [3.05, 3.63) is 131 Å². The fourth-order valence-electron chi connectivity index (χ4n) is 12.7. The number of methoxy groups -OCH3 is 4. The fourth-order valence-corrected chi connectivity index (χ4v) is 19.7. The zero-order valence-corrected chi connectivity index (χ0v) is 77.4. The highest BCUT2D eigenvalue weighted by molar-refractivity contribution is 8.00. The number of thioether (sulfide) groups is 1. The van der Waals surface area contributed by atoms with Crippen molar-refractivity contribution in [2.45, 2.75) is 218 Å². The summed E-state index contributed by atoms with van der Waals surface area (Å²) in [6.45, 7) is 32.9. The van der Waals surface area contributed by atoms with E-state index in [1.165, 1.54) is 0 Å². The van der Waals surface area contributed by atoms with Crippen molar-refractivity contribution < 1.29 is 107 Å². The molecule has 0 spiro atoms. The lowest BCUT2D eigenvalue weighted by atomic mass is 9.77. The maximum atomic E-state index is 13.4. The van der Waals surface area contributed by atoms with Crippen LogP contribution in [0.3, 0.4) is 0 Å². The number of nitrogens with one attached hydrogen (secondary N) is 7. The van der Waals surface area contributed by atoms with Crippen LogP contribution in [0.25, 0.3) is 0 Å². The standard InChI is InChI=1S/C31H61N4O11PS.C31H43N2O5P.C23H40NO7P/c1-6-40-16-17-42-20-21-44-23-22-43-19-18-41-15-13-33-47(38,46-31(2,3)4)45-14-11-25(39-5)10-12-32-28(36)9-7-8-27-29-26(24-48-27)34-30(37)35-29;1-25(2)33-39(34,38-30(3,4)5)37-24-23-36-22-21-32-31(26-13-9-7-10-14-26,27-15-11-8-12-16-27)28-17-19-29(35-6)20-18-28;1-18(14-16-26-5)24-32(25,31-23(2,3)4)29-15-8-7-9-21-17-28-22(30-21)19-10-12-20(27-6)13-11-19/h25-27,29H,6-24H2,1-5H3,(H,32,36)(H,33,38)(H2,34,35,37);7-20,25,32H,21-24H2,1-6H3,(H,33,34);10-13,18,21-22H,7-9,14-17H2,1-6H3,(H,24,25). The second-order valence-corrected chi connectivity index (χ2v) is 38.4. The molecule has 34 heteroatoms. The van der Waals surface area contributed by atoms with Crippen LogP contribution in [0.2, 0.25) is 0 Å². The number of unbranched alkanes of at least 4 members (excludes halogenated alkanes) is 1. The Bertz CT molecular complexity index is 3480. The number of fused-ring (bicyclic) bond motifs is 1. The largest absolute Gasteiger partial charge is 0.497 e. The molecule has 0 aliphatic carbocycles. The van der Waals surface area contributed by atoms with Crippen LogP contribution in [0.15, 0.2) is 109 Å². The number of carbonyl (C=O) groups is 2. The smallest absolute Gasteiger partial charge is 0.406 e. The van der Waals surface area contributed by atoms with Crippen LogP contribution in [0, 0.1) is 0 Å². The van der Waals surface area contributed by atoms with Crippen LogP contribution in [-0.4, -0.2) is 237 Å². The minimum atomic E-state index is -3.62. The average Bonchev–Trinajstić information content (AvgIpc) is 1.53. The number of hydrogen-bond acceptors (Lipinski definition) is 25. The topological polar surface area (TPSA) is 336 Å². The third kappa shape index (κ3) is 43.3. The fraction of sp³-hybridized carbons (Fsp3) is 0.694. The third-order valence-electron chi connectivity index (χ3n) is 18.0. The first-order valence-corrected chi connectivity index (χ1v) is 47.5. The van der Waals surface area contributed by atoms with E-state index in [0.29, 0.717) is 137 Å². The molecule has 10 atom stereocenters. The molecule has 119 heavy (non-hydrogen) atoms. The van der Waals surface area contributed by atoms with Gasteiger partial charge in [0.05, 0.1) is 160 Å². The second kappa shape index (κ2) is 56.4.